The lowest BCUT2D eigenvalue weighted by atomic mass is 10.00. The first kappa shape index (κ1) is 18.5. The average molecular weight is 402 g/mol. The molecule has 1 aliphatic heterocycles. The van der Waals surface area contributed by atoms with E-state index in [9.17, 15) is 14.0 Å². The number of carbonyl (C=O) groups excluding carboxylic acids is 1. The van der Waals surface area contributed by atoms with Crippen LogP contribution < -0.4 is 11.2 Å². The van der Waals surface area contributed by atoms with Gasteiger partial charge in [-0.3, -0.25) is 4.79 Å². The quantitative estimate of drug-likeness (QED) is 0.521. The minimum absolute atomic E-state index is 0.0208. The number of ether oxygens (including phenoxy) is 1. The van der Waals surface area contributed by atoms with Crippen LogP contribution in [0.25, 0.3) is 22.0 Å². The number of nitrogens with zero attached hydrogens (tertiary/aromatic N) is 1. The van der Waals surface area contributed by atoms with Gasteiger partial charge in [0, 0.05) is 5.69 Å². The summed E-state index contributed by atoms with van der Waals surface area (Å²) in [7, 11) is 0. The minimum Gasteiger partial charge on any atom is -0.462 e. The zero-order chi connectivity index (χ0) is 20.2. The maximum atomic E-state index is 15.5. The highest BCUT2D eigenvalue weighted by atomic mass is 32.2. The Balaban J connectivity index is 2.07. The monoisotopic (exact) mass is 402 g/mol. The summed E-state index contributed by atoms with van der Waals surface area (Å²) >= 11 is 1.27. The maximum Gasteiger partial charge on any atom is 0.344 e. The van der Waals surface area contributed by atoms with E-state index in [4.69, 9.17) is 10.5 Å². The fourth-order valence-corrected chi connectivity index (χ4v) is 4.53. The number of aromatic nitrogens is 1. The topological polar surface area (TPSA) is 74.3 Å². The molecule has 0 saturated carbocycles. The fourth-order valence-electron chi connectivity index (χ4n) is 3.40. The highest BCUT2D eigenvalue weighted by Gasteiger charge is 2.35. The summed E-state index contributed by atoms with van der Waals surface area (Å²) in [6.45, 7) is 3.52. The van der Waals surface area contributed by atoms with Crippen LogP contribution in [0.15, 0.2) is 40.2 Å². The summed E-state index contributed by atoms with van der Waals surface area (Å²) in [4.78, 5) is 25.1. The van der Waals surface area contributed by atoms with Gasteiger partial charge in [0.25, 0.3) is 0 Å². The number of hydrogen-bond donors (Lipinski definition) is 1. The van der Waals surface area contributed by atoms with Crippen molar-refractivity contribution in [3.8, 4) is 11.1 Å². The van der Waals surface area contributed by atoms with E-state index in [2.05, 4.69) is 0 Å². The molecule has 0 spiro atoms. The zero-order valence-corrected chi connectivity index (χ0v) is 15.9. The van der Waals surface area contributed by atoms with Gasteiger partial charge < -0.3 is 15.0 Å². The lowest BCUT2D eigenvalue weighted by molar-refractivity contribution is 0.0518. The molecule has 3 aromatic rings. The molecule has 4 rings (SSSR count). The summed E-state index contributed by atoms with van der Waals surface area (Å²) in [5.74, 6) is -2.52. The van der Waals surface area contributed by atoms with E-state index >= 15 is 4.39 Å². The Morgan fingerprint density at radius 2 is 1.96 bits per heavy atom. The number of rotatable bonds is 3. The third kappa shape index (κ3) is 2.59. The van der Waals surface area contributed by atoms with E-state index in [0.29, 0.717) is 16.3 Å². The first-order chi connectivity index (χ1) is 13.3. The molecule has 1 atom stereocenters. The van der Waals surface area contributed by atoms with E-state index in [1.165, 1.54) is 23.9 Å². The van der Waals surface area contributed by atoms with Gasteiger partial charge in [-0.1, -0.05) is 23.9 Å². The molecule has 0 amide bonds. The standard InChI is InChI=1S/C20H16F2N2O3S/c1-3-27-20(26)15-18(25)12-8-13(21)14(10-4-6-11(23)7-5-10)16(22)17(12)24-9(2)28-19(15)24/h4-9H,3,23H2,1-2H3. The van der Waals surface area contributed by atoms with E-state index in [-0.39, 0.29) is 34.0 Å². The van der Waals surface area contributed by atoms with Gasteiger partial charge in [-0.25, -0.2) is 13.6 Å². The van der Waals surface area contributed by atoms with E-state index in [1.54, 1.807) is 23.6 Å². The molecule has 1 aromatic heterocycles. The Kier molecular flexibility index (Phi) is 4.38. The Morgan fingerprint density at radius 3 is 2.57 bits per heavy atom. The number of fused-ring (bicyclic) bond motifs is 3. The van der Waals surface area contributed by atoms with E-state index < -0.39 is 23.0 Å². The minimum atomic E-state index is -0.887. The molecule has 1 unspecified atom stereocenters. The van der Waals surface area contributed by atoms with Crippen molar-refractivity contribution in [2.45, 2.75) is 24.2 Å². The van der Waals surface area contributed by atoms with Gasteiger partial charge in [0.05, 0.1) is 33.5 Å². The van der Waals surface area contributed by atoms with Gasteiger partial charge in [0.1, 0.15) is 11.4 Å². The highest BCUT2D eigenvalue weighted by molar-refractivity contribution is 8.00. The van der Waals surface area contributed by atoms with Crippen molar-refractivity contribution in [1.29, 1.82) is 0 Å². The molecular formula is C20H16F2N2O3S. The van der Waals surface area contributed by atoms with Crippen molar-refractivity contribution < 1.29 is 18.3 Å². The molecule has 0 fully saturated rings. The van der Waals surface area contributed by atoms with Gasteiger partial charge in [0.15, 0.2) is 5.82 Å². The molecule has 0 aliphatic carbocycles. The first-order valence-corrected chi connectivity index (χ1v) is 9.53. The molecule has 144 valence electrons. The van der Waals surface area contributed by atoms with Crippen molar-refractivity contribution in [3.63, 3.8) is 0 Å². The molecule has 2 N–H and O–H groups in total. The fraction of sp³-hybridized carbons (Fsp3) is 0.200. The van der Waals surface area contributed by atoms with Gasteiger partial charge in [-0.2, -0.15) is 0 Å². The molecule has 8 heteroatoms. The number of benzene rings is 2. The molecular weight excluding hydrogens is 386 g/mol. The summed E-state index contributed by atoms with van der Waals surface area (Å²) in [5.41, 5.74) is 5.25. The van der Waals surface area contributed by atoms with Crippen LogP contribution in [0.2, 0.25) is 0 Å². The predicted molar refractivity (Wildman–Crippen MR) is 104 cm³/mol. The molecule has 0 bridgehead atoms. The van der Waals surface area contributed by atoms with Crippen molar-refractivity contribution in [2.24, 2.45) is 0 Å². The Morgan fingerprint density at radius 1 is 1.29 bits per heavy atom. The van der Waals surface area contributed by atoms with Crippen LogP contribution in [0, 0.1) is 11.6 Å². The molecule has 1 aliphatic rings. The predicted octanol–water partition coefficient (Wildman–Crippen LogP) is 4.33. The number of carbonyl (C=O) groups is 1. The van der Waals surface area contributed by atoms with Crippen molar-refractivity contribution in [2.75, 3.05) is 12.3 Å². The second-order valence-corrected chi connectivity index (χ2v) is 7.69. The van der Waals surface area contributed by atoms with Crippen LogP contribution in [-0.4, -0.2) is 17.1 Å². The zero-order valence-electron chi connectivity index (χ0n) is 15.1. The van der Waals surface area contributed by atoms with E-state index in [1.807, 2.05) is 6.92 Å². The van der Waals surface area contributed by atoms with Crippen LogP contribution in [0.4, 0.5) is 14.5 Å². The Hall–Kier alpha value is -2.87. The number of nitrogen functional groups attached to an aromatic ring is 1. The lowest BCUT2D eigenvalue weighted by Crippen LogP contribution is -2.29. The molecule has 2 aromatic carbocycles. The summed E-state index contributed by atoms with van der Waals surface area (Å²) < 4.78 is 36.8. The first-order valence-electron chi connectivity index (χ1n) is 8.65. The van der Waals surface area contributed by atoms with Crippen molar-refractivity contribution in [3.05, 3.63) is 57.8 Å². The molecule has 5 nitrogen and oxygen atoms in total. The summed E-state index contributed by atoms with van der Waals surface area (Å²) in [5, 5.41) is -0.0733. The van der Waals surface area contributed by atoms with E-state index in [0.717, 1.165) is 6.07 Å². The number of esters is 1. The SMILES string of the molecule is CCOC(=O)c1c2n(c3c(F)c(-c4ccc(N)cc4)c(F)cc3c1=O)C(C)S2. The largest absolute Gasteiger partial charge is 0.462 e. The number of nitrogens with two attached hydrogens (primary N) is 1. The van der Waals surface area contributed by atoms with Crippen LogP contribution in [0.1, 0.15) is 29.6 Å². The normalized spacial score (nSPS) is 15.2. The van der Waals surface area contributed by atoms with Crippen LogP contribution >= 0.6 is 11.8 Å². The third-order valence-corrected chi connectivity index (χ3v) is 5.84. The molecule has 2 heterocycles. The van der Waals surface area contributed by atoms with Crippen LogP contribution in [0.5, 0.6) is 0 Å². The molecule has 28 heavy (non-hydrogen) atoms. The van der Waals surface area contributed by atoms with Gasteiger partial charge in [-0.15, -0.1) is 0 Å². The Labute approximate surface area is 163 Å². The highest BCUT2D eigenvalue weighted by Crippen LogP contribution is 2.47. The average Bonchev–Trinajstić information content (AvgIpc) is 2.64. The second-order valence-electron chi connectivity index (χ2n) is 6.38. The number of hydrogen-bond acceptors (Lipinski definition) is 5. The summed E-state index contributed by atoms with van der Waals surface area (Å²) in [6, 6.07) is 7.11. The number of anilines is 1. The van der Waals surface area contributed by atoms with Gasteiger partial charge >= 0.3 is 5.97 Å². The smallest absolute Gasteiger partial charge is 0.344 e. The third-order valence-electron chi connectivity index (χ3n) is 4.66. The van der Waals surface area contributed by atoms with Gasteiger partial charge in [0.2, 0.25) is 5.43 Å². The Bertz CT molecular complexity index is 1190. The summed E-state index contributed by atoms with van der Waals surface area (Å²) in [6.07, 6.45) is 0. The van der Waals surface area contributed by atoms with Crippen molar-refractivity contribution >= 4 is 34.3 Å². The maximum absolute atomic E-state index is 15.5. The number of thioether (sulfide) groups is 1. The molecule has 0 radical (unpaired) electrons. The lowest BCUT2D eigenvalue weighted by Gasteiger charge is -2.33. The van der Waals surface area contributed by atoms with Crippen LogP contribution in [-0.2, 0) is 4.74 Å². The van der Waals surface area contributed by atoms with Crippen molar-refractivity contribution in [1.82, 2.24) is 4.57 Å². The molecule has 0 saturated heterocycles. The van der Waals surface area contributed by atoms with Crippen LogP contribution in [0.3, 0.4) is 0 Å². The second kappa shape index (κ2) is 6.63. The number of pyridine rings is 1. The van der Waals surface area contributed by atoms with Gasteiger partial charge in [-0.05, 0) is 37.6 Å². The number of halogens is 2.